The molecule has 0 aromatic heterocycles. The summed E-state index contributed by atoms with van der Waals surface area (Å²) in [7, 11) is 0. The average molecular weight is 289 g/mol. The number of hydrogen-bond acceptors (Lipinski definition) is 3. The third-order valence-corrected chi connectivity index (χ3v) is 3.83. The van der Waals surface area contributed by atoms with E-state index in [9.17, 15) is 13.2 Å². The topological polar surface area (TPSA) is 44.5 Å². The van der Waals surface area contributed by atoms with E-state index in [0.29, 0.717) is 12.2 Å². The fourth-order valence-corrected chi connectivity index (χ4v) is 2.58. The van der Waals surface area contributed by atoms with Crippen LogP contribution in [0.4, 0.5) is 13.2 Å². The van der Waals surface area contributed by atoms with Gasteiger partial charge < -0.3 is 15.2 Å². The summed E-state index contributed by atoms with van der Waals surface area (Å²) in [6, 6.07) is 3.83. The maximum Gasteiger partial charge on any atom is 0.573 e. The van der Waals surface area contributed by atoms with Crippen molar-refractivity contribution in [2.75, 3.05) is 0 Å². The summed E-state index contributed by atoms with van der Waals surface area (Å²) >= 11 is 0. The predicted molar refractivity (Wildman–Crippen MR) is 68.6 cm³/mol. The van der Waals surface area contributed by atoms with E-state index in [4.69, 9.17) is 10.5 Å². The summed E-state index contributed by atoms with van der Waals surface area (Å²) < 4.78 is 46.6. The lowest BCUT2D eigenvalue weighted by molar-refractivity contribution is -0.274. The summed E-state index contributed by atoms with van der Waals surface area (Å²) in [5.74, 6) is 0.0978. The van der Waals surface area contributed by atoms with Gasteiger partial charge in [-0.1, -0.05) is 19.9 Å². The molecule has 1 aliphatic rings. The van der Waals surface area contributed by atoms with Gasteiger partial charge in [-0.3, -0.25) is 0 Å². The maximum absolute atomic E-state index is 12.2. The van der Waals surface area contributed by atoms with Crippen LogP contribution in [0.2, 0.25) is 0 Å². The second-order valence-corrected chi connectivity index (χ2v) is 5.05. The SMILES string of the molecule is CCC1(CC)CC(N)c2ccc(OC(F)(F)F)cc2O1. The molecule has 1 atom stereocenters. The van der Waals surface area contributed by atoms with Gasteiger partial charge in [-0.05, 0) is 18.9 Å². The third kappa shape index (κ3) is 3.00. The molecule has 0 amide bonds. The molecule has 0 radical (unpaired) electrons. The van der Waals surface area contributed by atoms with E-state index < -0.39 is 12.0 Å². The van der Waals surface area contributed by atoms with Crippen molar-refractivity contribution in [3.63, 3.8) is 0 Å². The van der Waals surface area contributed by atoms with Crippen LogP contribution >= 0.6 is 0 Å². The lowest BCUT2D eigenvalue weighted by Gasteiger charge is -2.40. The Morgan fingerprint density at radius 2 is 2.00 bits per heavy atom. The highest BCUT2D eigenvalue weighted by Gasteiger charge is 2.38. The molecule has 112 valence electrons. The van der Waals surface area contributed by atoms with Gasteiger partial charge in [0.15, 0.2) is 0 Å². The molecule has 3 nitrogen and oxygen atoms in total. The molecular formula is C14H18F3NO2. The van der Waals surface area contributed by atoms with E-state index >= 15 is 0 Å². The van der Waals surface area contributed by atoms with E-state index in [2.05, 4.69) is 4.74 Å². The first kappa shape index (κ1) is 15.0. The van der Waals surface area contributed by atoms with Crippen molar-refractivity contribution in [3.8, 4) is 11.5 Å². The monoisotopic (exact) mass is 289 g/mol. The highest BCUT2D eigenvalue weighted by molar-refractivity contribution is 5.44. The van der Waals surface area contributed by atoms with Crippen molar-refractivity contribution in [1.82, 2.24) is 0 Å². The number of ether oxygens (including phenoxy) is 2. The summed E-state index contributed by atoms with van der Waals surface area (Å²) in [4.78, 5) is 0. The number of benzene rings is 1. The van der Waals surface area contributed by atoms with Crippen molar-refractivity contribution >= 4 is 0 Å². The molecule has 20 heavy (non-hydrogen) atoms. The first-order valence-corrected chi connectivity index (χ1v) is 6.63. The molecule has 0 fully saturated rings. The number of nitrogens with two attached hydrogens (primary N) is 1. The molecule has 1 aromatic carbocycles. The van der Waals surface area contributed by atoms with Crippen molar-refractivity contribution < 1.29 is 22.6 Å². The number of rotatable bonds is 3. The molecule has 1 unspecified atom stereocenters. The zero-order valence-electron chi connectivity index (χ0n) is 11.5. The Morgan fingerprint density at radius 3 is 2.55 bits per heavy atom. The molecule has 0 aliphatic carbocycles. The van der Waals surface area contributed by atoms with Crippen molar-refractivity contribution in [2.45, 2.75) is 51.1 Å². The van der Waals surface area contributed by atoms with Crippen LogP contribution in [0, 0.1) is 0 Å². The molecular weight excluding hydrogens is 271 g/mol. The van der Waals surface area contributed by atoms with Crippen LogP contribution < -0.4 is 15.2 Å². The normalized spacial score (nSPS) is 21.0. The Labute approximate surface area is 115 Å². The quantitative estimate of drug-likeness (QED) is 0.917. The molecule has 1 heterocycles. The van der Waals surface area contributed by atoms with Crippen LogP contribution in [-0.2, 0) is 0 Å². The lowest BCUT2D eigenvalue weighted by atomic mass is 9.84. The summed E-state index contributed by atoms with van der Waals surface area (Å²) in [5.41, 5.74) is 6.41. The minimum absolute atomic E-state index is 0.237. The van der Waals surface area contributed by atoms with Crippen molar-refractivity contribution in [2.24, 2.45) is 5.73 Å². The third-order valence-electron chi connectivity index (χ3n) is 3.83. The van der Waals surface area contributed by atoms with Crippen LogP contribution in [-0.4, -0.2) is 12.0 Å². The number of fused-ring (bicyclic) bond motifs is 1. The predicted octanol–water partition coefficient (Wildman–Crippen LogP) is 3.93. The van der Waals surface area contributed by atoms with Gasteiger partial charge in [0.2, 0.25) is 0 Å². The van der Waals surface area contributed by atoms with Gasteiger partial charge in [0, 0.05) is 24.1 Å². The zero-order valence-corrected chi connectivity index (χ0v) is 11.5. The summed E-state index contributed by atoms with van der Waals surface area (Å²) in [5, 5.41) is 0. The van der Waals surface area contributed by atoms with E-state index in [1.54, 1.807) is 0 Å². The molecule has 1 aliphatic heterocycles. The fraction of sp³-hybridized carbons (Fsp3) is 0.571. The molecule has 2 N–H and O–H groups in total. The van der Waals surface area contributed by atoms with Gasteiger partial charge in [0.25, 0.3) is 0 Å². The highest BCUT2D eigenvalue weighted by Crippen LogP contribution is 2.43. The largest absolute Gasteiger partial charge is 0.573 e. The summed E-state index contributed by atoms with van der Waals surface area (Å²) in [6.45, 7) is 3.97. The van der Waals surface area contributed by atoms with E-state index in [-0.39, 0.29) is 11.8 Å². The van der Waals surface area contributed by atoms with Gasteiger partial charge in [0.1, 0.15) is 17.1 Å². The van der Waals surface area contributed by atoms with E-state index in [1.807, 2.05) is 13.8 Å². The fourth-order valence-electron chi connectivity index (χ4n) is 2.58. The first-order chi connectivity index (χ1) is 9.28. The first-order valence-electron chi connectivity index (χ1n) is 6.63. The molecule has 2 rings (SSSR count). The van der Waals surface area contributed by atoms with Crippen molar-refractivity contribution in [1.29, 1.82) is 0 Å². The molecule has 0 spiro atoms. The molecule has 0 saturated carbocycles. The Kier molecular flexibility index (Phi) is 3.86. The van der Waals surface area contributed by atoms with Crippen LogP contribution in [0.1, 0.15) is 44.7 Å². The molecule has 0 bridgehead atoms. The Hall–Kier alpha value is -1.43. The minimum atomic E-state index is -4.71. The van der Waals surface area contributed by atoms with Crippen LogP contribution in [0.5, 0.6) is 11.5 Å². The van der Waals surface area contributed by atoms with Crippen LogP contribution in [0.3, 0.4) is 0 Å². The van der Waals surface area contributed by atoms with Crippen LogP contribution in [0.15, 0.2) is 18.2 Å². The van der Waals surface area contributed by atoms with Gasteiger partial charge >= 0.3 is 6.36 Å². The number of alkyl halides is 3. The molecule has 0 saturated heterocycles. The zero-order chi connectivity index (χ0) is 15.0. The second-order valence-electron chi connectivity index (χ2n) is 5.05. The van der Waals surface area contributed by atoms with Gasteiger partial charge in [-0.15, -0.1) is 13.2 Å². The standard InChI is InChI=1S/C14H18F3NO2/c1-3-13(4-2)8-11(18)10-6-5-9(7-12(10)20-13)19-14(15,16)17/h5-7,11H,3-4,8,18H2,1-2H3. The van der Waals surface area contributed by atoms with E-state index in [1.165, 1.54) is 18.2 Å². The van der Waals surface area contributed by atoms with Gasteiger partial charge in [0.05, 0.1) is 0 Å². The smallest absolute Gasteiger partial charge is 0.487 e. The highest BCUT2D eigenvalue weighted by atomic mass is 19.4. The molecule has 6 heteroatoms. The van der Waals surface area contributed by atoms with Crippen LogP contribution in [0.25, 0.3) is 0 Å². The lowest BCUT2D eigenvalue weighted by Crippen LogP contribution is -2.41. The Bertz CT molecular complexity index is 484. The van der Waals surface area contributed by atoms with E-state index in [0.717, 1.165) is 18.4 Å². The number of hydrogen-bond donors (Lipinski definition) is 1. The van der Waals surface area contributed by atoms with Gasteiger partial charge in [-0.2, -0.15) is 0 Å². The van der Waals surface area contributed by atoms with Crippen molar-refractivity contribution in [3.05, 3.63) is 23.8 Å². The Balaban J connectivity index is 2.33. The van der Waals surface area contributed by atoms with Gasteiger partial charge in [-0.25, -0.2) is 0 Å². The minimum Gasteiger partial charge on any atom is -0.487 e. The average Bonchev–Trinajstić information content (AvgIpc) is 2.36. The molecule has 1 aromatic rings. The maximum atomic E-state index is 12.2. The summed E-state index contributed by atoms with van der Waals surface area (Å²) in [6.07, 6.45) is -2.55. The second kappa shape index (κ2) is 5.16. The Morgan fingerprint density at radius 1 is 1.35 bits per heavy atom. The number of halogens is 3.